The maximum absolute atomic E-state index is 12.5. The SMILES string of the molecule is C[C@@]12CCN(C(=O)c3ccccn3)[C@@H]1CC[C@@H](O)C2. The van der Waals surface area contributed by atoms with Gasteiger partial charge in [0, 0.05) is 18.8 Å². The lowest BCUT2D eigenvalue weighted by molar-refractivity contribution is 0.0209. The number of rotatable bonds is 1. The van der Waals surface area contributed by atoms with Gasteiger partial charge in [-0.1, -0.05) is 13.0 Å². The lowest BCUT2D eigenvalue weighted by atomic mass is 9.71. The molecule has 1 aliphatic heterocycles. The zero-order valence-electron chi connectivity index (χ0n) is 11.2. The van der Waals surface area contributed by atoms with Crippen molar-refractivity contribution in [1.82, 2.24) is 9.88 Å². The fraction of sp³-hybridized carbons (Fsp3) is 0.600. The molecular weight excluding hydrogens is 240 g/mol. The van der Waals surface area contributed by atoms with Gasteiger partial charge >= 0.3 is 0 Å². The molecule has 0 bridgehead atoms. The highest BCUT2D eigenvalue weighted by Crippen LogP contribution is 2.46. The van der Waals surface area contributed by atoms with Crippen LogP contribution in [-0.4, -0.2) is 39.6 Å². The van der Waals surface area contributed by atoms with Crippen LogP contribution in [0.2, 0.25) is 0 Å². The molecule has 1 saturated carbocycles. The first kappa shape index (κ1) is 12.6. The van der Waals surface area contributed by atoms with Crippen molar-refractivity contribution in [2.45, 2.75) is 44.8 Å². The monoisotopic (exact) mass is 260 g/mol. The van der Waals surface area contributed by atoms with Crippen LogP contribution < -0.4 is 0 Å². The van der Waals surface area contributed by atoms with Crippen molar-refractivity contribution in [3.63, 3.8) is 0 Å². The summed E-state index contributed by atoms with van der Waals surface area (Å²) in [5, 5.41) is 9.85. The van der Waals surface area contributed by atoms with Gasteiger partial charge in [-0.2, -0.15) is 0 Å². The molecule has 1 aromatic rings. The van der Waals surface area contributed by atoms with Crippen molar-refractivity contribution in [3.05, 3.63) is 30.1 Å². The molecule has 2 aliphatic rings. The number of pyridine rings is 1. The van der Waals surface area contributed by atoms with Gasteiger partial charge in [-0.15, -0.1) is 0 Å². The number of hydrogen-bond acceptors (Lipinski definition) is 3. The summed E-state index contributed by atoms with van der Waals surface area (Å²) >= 11 is 0. The number of amides is 1. The van der Waals surface area contributed by atoms with Crippen LogP contribution in [0.4, 0.5) is 0 Å². The van der Waals surface area contributed by atoms with Crippen molar-refractivity contribution < 1.29 is 9.90 Å². The second kappa shape index (κ2) is 4.60. The zero-order valence-corrected chi connectivity index (χ0v) is 11.2. The van der Waals surface area contributed by atoms with Crippen LogP contribution in [0.15, 0.2) is 24.4 Å². The van der Waals surface area contributed by atoms with Gasteiger partial charge in [0.05, 0.1) is 6.10 Å². The molecule has 3 rings (SSSR count). The number of aliphatic hydroxyl groups is 1. The number of likely N-dealkylation sites (tertiary alicyclic amines) is 1. The van der Waals surface area contributed by atoms with E-state index in [0.717, 1.165) is 32.2 Å². The molecule has 1 saturated heterocycles. The maximum Gasteiger partial charge on any atom is 0.272 e. The molecular formula is C15H20N2O2. The van der Waals surface area contributed by atoms with Crippen molar-refractivity contribution in [2.24, 2.45) is 5.41 Å². The summed E-state index contributed by atoms with van der Waals surface area (Å²) in [4.78, 5) is 18.7. The normalized spacial score (nSPS) is 34.1. The van der Waals surface area contributed by atoms with E-state index in [1.807, 2.05) is 17.0 Å². The molecule has 2 heterocycles. The highest BCUT2D eigenvalue weighted by Gasteiger charge is 2.49. The van der Waals surface area contributed by atoms with Crippen molar-refractivity contribution in [3.8, 4) is 0 Å². The largest absolute Gasteiger partial charge is 0.393 e. The van der Waals surface area contributed by atoms with Crippen LogP contribution in [0.3, 0.4) is 0 Å². The van der Waals surface area contributed by atoms with Crippen LogP contribution in [0, 0.1) is 5.41 Å². The number of hydrogen-bond donors (Lipinski definition) is 1. The van der Waals surface area contributed by atoms with Crippen LogP contribution in [0.25, 0.3) is 0 Å². The maximum atomic E-state index is 12.5. The highest BCUT2D eigenvalue weighted by molar-refractivity contribution is 5.92. The van der Waals surface area contributed by atoms with Crippen LogP contribution in [0.1, 0.15) is 43.1 Å². The van der Waals surface area contributed by atoms with Crippen LogP contribution in [-0.2, 0) is 0 Å². The van der Waals surface area contributed by atoms with E-state index in [0.29, 0.717) is 5.69 Å². The Morgan fingerprint density at radius 3 is 3.05 bits per heavy atom. The van der Waals surface area contributed by atoms with Crippen molar-refractivity contribution >= 4 is 5.91 Å². The van der Waals surface area contributed by atoms with Gasteiger partial charge in [-0.05, 0) is 43.2 Å². The van der Waals surface area contributed by atoms with E-state index in [9.17, 15) is 9.90 Å². The average Bonchev–Trinajstić information content (AvgIpc) is 2.75. The molecule has 1 aromatic heterocycles. The van der Waals surface area contributed by atoms with Crippen molar-refractivity contribution in [1.29, 1.82) is 0 Å². The summed E-state index contributed by atoms with van der Waals surface area (Å²) in [5.41, 5.74) is 0.597. The Kier molecular flexibility index (Phi) is 3.05. The summed E-state index contributed by atoms with van der Waals surface area (Å²) in [6, 6.07) is 5.70. The third-order valence-corrected chi connectivity index (χ3v) is 4.72. The zero-order chi connectivity index (χ0) is 13.5. The van der Waals surface area contributed by atoms with E-state index >= 15 is 0 Å². The Hall–Kier alpha value is -1.42. The summed E-state index contributed by atoms with van der Waals surface area (Å²) < 4.78 is 0. The molecule has 2 fully saturated rings. The first-order valence-electron chi connectivity index (χ1n) is 7.00. The minimum absolute atomic E-state index is 0.0331. The molecule has 0 aromatic carbocycles. The van der Waals surface area contributed by atoms with Crippen LogP contribution >= 0.6 is 0 Å². The third kappa shape index (κ3) is 2.14. The molecule has 4 heteroatoms. The highest BCUT2D eigenvalue weighted by atomic mass is 16.3. The van der Waals surface area contributed by atoms with Gasteiger partial charge in [0.1, 0.15) is 5.69 Å². The molecule has 3 atom stereocenters. The fourth-order valence-electron chi connectivity index (χ4n) is 3.69. The second-order valence-corrected chi connectivity index (χ2v) is 6.07. The second-order valence-electron chi connectivity index (χ2n) is 6.07. The van der Waals surface area contributed by atoms with Crippen LogP contribution in [0.5, 0.6) is 0 Å². The van der Waals surface area contributed by atoms with Gasteiger partial charge in [0.2, 0.25) is 0 Å². The van der Waals surface area contributed by atoms with Gasteiger partial charge in [0.25, 0.3) is 5.91 Å². The number of fused-ring (bicyclic) bond motifs is 1. The standard InChI is InChI=1S/C15H20N2O2/c1-15-7-9-17(13(15)6-5-11(18)10-15)14(19)12-4-2-3-8-16-12/h2-4,8,11,13,18H,5-7,9-10H2,1H3/t11-,13-,15+/m1/s1. The first-order chi connectivity index (χ1) is 9.10. The number of carbonyl (C=O) groups excluding carboxylic acids is 1. The smallest absolute Gasteiger partial charge is 0.272 e. The summed E-state index contributed by atoms with van der Waals surface area (Å²) in [6.45, 7) is 2.98. The molecule has 1 aliphatic carbocycles. The Morgan fingerprint density at radius 1 is 1.47 bits per heavy atom. The Bertz CT molecular complexity index is 476. The minimum atomic E-state index is -0.203. The predicted octanol–water partition coefficient (Wildman–Crippen LogP) is 1.85. The topological polar surface area (TPSA) is 53.4 Å². The molecule has 4 nitrogen and oxygen atoms in total. The lowest BCUT2D eigenvalue weighted by Crippen LogP contribution is -2.46. The molecule has 102 valence electrons. The lowest BCUT2D eigenvalue weighted by Gasteiger charge is -2.41. The van der Waals surface area contributed by atoms with Gasteiger partial charge in [-0.3, -0.25) is 9.78 Å². The van der Waals surface area contributed by atoms with E-state index < -0.39 is 0 Å². The minimum Gasteiger partial charge on any atom is -0.393 e. The Balaban J connectivity index is 1.82. The van der Waals surface area contributed by atoms with Gasteiger partial charge in [-0.25, -0.2) is 0 Å². The predicted molar refractivity (Wildman–Crippen MR) is 71.6 cm³/mol. The number of carbonyl (C=O) groups is 1. The number of aromatic nitrogens is 1. The van der Waals surface area contributed by atoms with Gasteiger partial charge in [0.15, 0.2) is 0 Å². The van der Waals surface area contributed by atoms with E-state index in [-0.39, 0.29) is 23.5 Å². The number of nitrogens with zero attached hydrogens (tertiary/aromatic N) is 2. The summed E-state index contributed by atoms with van der Waals surface area (Å²) in [5.74, 6) is 0.0331. The Labute approximate surface area is 113 Å². The summed E-state index contributed by atoms with van der Waals surface area (Å²) in [6.07, 6.45) is 4.94. The molecule has 1 N–H and O–H groups in total. The average molecular weight is 260 g/mol. The van der Waals surface area contributed by atoms with Crippen molar-refractivity contribution in [2.75, 3.05) is 6.54 Å². The number of aliphatic hydroxyl groups excluding tert-OH is 1. The molecule has 19 heavy (non-hydrogen) atoms. The van der Waals surface area contributed by atoms with E-state index in [2.05, 4.69) is 11.9 Å². The van der Waals surface area contributed by atoms with E-state index in [1.165, 1.54) is 0 Å². The van der Waals surface area contributed by atoms with E-state index in [1.54, 1.807) is 12.3 Å². The summed E-state index contributed by atoms with van der Waals surface area (Å²) in [7, 11) is 0. The fourth-order valence-corrected chi connectivity index (χ4v) is 3.69. The molecule has 0 spiro atoms. The first-order valence-corrected chi connectivity index (χ1v) is 7.00. The molecule has 0 radical (unpaired) electrons. The van der Waals surface area contributed by atoms with E-state index in [4.69, 9.17) is 0 Å². The Morgan fingerprint density at radius 2 is 2.32 bits per heavy atom. The van der Waals surface area contributed by atoms with Gasteiger partial charge < -0.3 is 10.0 Å². The molecule has 0 unspecified atom stereocenters. The quantitative estimate of drug-likeness (QED) is 0.838. The molecule has 1 amide bonds. The third-order valence-electron chi connectivity index (χ3n) is 4.72.